The molecule has 29 heavy (non-hydrogen) atoms. The van der Waals surface area contributed by atoms with Crippen LogP contribution in [0.4, 0.5) is 0 Å². The van der Waals surface area contributed by atoms with Gasteiger partial charge in [-0.25, -0.2) is 0 Å². The van der Waals surface area contributed by atoms with Gasteiger partial charge in [0.1, 0.15) is 11.6 Å². The number of nitriles is 1. The average molecular weight is 410 g/mol. The fraction of sp³-hybridized carbons (Fsp3) is 0.200. The first-order valence-electron chi connectivity index (χ1n) is 8.62. The van der Waals surface area contributed by atoms with E-state index < -0.39 is 5.92 Å². The predicted molar refractivity (Wildman–Crippen MR) is 107 cm³/mol. The van der Waals surface area contributed by atoms with Crippen LogP contribution in [0, 0.1) is 11.3 Å². The maximum atomic E-state index is 9.85. The molecule has 0 bridgehead atoms. The van der Waals surface area contributed by atoms with Crippen LogP contribution in [-0.2, 0) is 0 Å². The van der Waals surface area contributed by atoms with Crippen molar-refractivity contribution in [1.29, 1.82) is 5.26 Å². The molecule has 4 rings (SSSR count). The third-order valence-corrected chi connectivity index (χ3v) is 5.61. The number of allylic oxidation sites excluding steroid dienone is 1. The van der Waals surface area contributed by atoms with E-state index in [1.54, 1.807) is 37.7 Å². The van der Waals surface area contributed by atoms with Crippen LogP contribution in [0.3, 0.4) is 0 Å². The first-order chi connectivity index (χ1) is 14.1. The maximum absolute atomic E-state index is 9.85. The lowest BCUT2D eigenvalue weighted by Crippen LogP contribution is -2.21. The van der Waals surface area contributed by atoms with Crippen LogP contribution in [0.1, 0.15) is 17.0 Å². The average Bonchev–Trinajstić information content (AvgIpc) is 3.41. The molecule has 0 saturated heterocycles. The monoisotopic (exact) mass is 410 g/mol. The van der Waals surface area contributed by atoms with Crippen molar-refractivity contribution in [3.63, 3.8) is 0 Å². The second-order valence-corrected chi connectivity index (χ2v) is 7.13. The Balaban J connectivity index is 1.98. The normalized spacial score (nSPS) is 15.3. The summed E-state index contributed by atoms with van der Waals surface area (Å²) in [4.78, 5) is 0.970. The van der Waals surface area contributed by atoms with Crippen LogP contribution >= 0.6 is 11.3 Å². The predicted octanol–water partition coefficient (Wildman–Crippen LogP) is 3.38. The van der Waals surface area contributed by atoms with Gasteiger partial charge in [-0.3, -0.25) is 5.10 Å². The number of nitrogens with two attached hydrogens (primary N) is 1. The second-order valence-electron chi connectivity index (χ2n) is 6.18. The molecule has 0 saturated carbocycles. The van der Waals surface area contributed by atoms with Crippen molar-refractivity contribution in [2.45, 2.75) is 5.92 Å². The van der Waals surface area contributed by atoms with Gasteiger partial charge in [0.15, 0.2) is 11.5 Å². The third-order valence-electron chi connectivity index (χ3n) is 4.73. The third kappa shape index (κ3) is 2.94. The zero-order valence-electron chi connectivity index (χ0n) is 16.0. The minimum absolute atomic E-state index is 0.0166. The first-order valence-corrected chi connectivity index (χ1v) is 9.50. The van der Waals surface area contributed by atoms with Crippen LogP contribution in [0.2, 0.25) is 0 Å². The number of aromatic nitrogens is 2. The number of rotatable bonds is 5. The topological polar surface area (TPSA) is 115 Å². The van der Waals surface area contributed by atoms with Gasteiger partial charge in [0.25, 0.3) is 0 Å². The highest BCUT2D eigenvalue weighted by Gasteiger charge is 2.36. The molecule has 3 heterocycles. The second kappa shape index (κ2) is 7.41. The summed E-state index contributed by atoms with van der Waals surface area (Å²) in [5, 5.41) is 19.1. The minimum atomic E-state index is -0.520. The fourth-order valence-electron chi connectivity index (χ4n) is 3.46. The molecule has 2 aromatic heterocycles. The minimum Gasteiger partial charge on any atom is -0.493 e. The molecule has 0 amide bonds. The van der Waals surface area contributed by atoms with Gasteiger partial charge >= 0.3 is 0 Å². The molecular weight excluding hydrogens is 392 g/mol. The van der Waals surface area contributed by atoms with E-state index >= 15 is 0 Å². The van der Waals surface area contributed by atoms with E-state index in [0.29, 0.717) is 23.1 Å². The van der Waals surface area contributed by atoms with E-state index in [-0.39, 0.29) is 11.5 Å². The lowest BCUT2D eigenvalue weighted by atomic mass is 9.83. The Morgan fingerprint density at radius 3 is 2.48 bits per heavy atom. The quantitative estimate of drug-likeness (QED) is 0.662. The molecule has 3 N–H and O–H groups in total. The number of aromatic amines is 1. The number of H-pyrrole nitrogens is 1. The Kier molecular flexibility index (Phi) is 4.78. The lowest BCUT2D eigenvalue weighted by Gasteiger charge is -2.25. The smallest absolute Gasteiger partial charge is 0.244 e. The lowest BCUT2D eigenvalue weighted by molar-refractivity contribution is 0.323. The van der Waals surface area contributed by atoms with Crippen molar-refractivity contribution in [3.05, 3.63) is 52.2 Å². The number of fused-ring (bicyclic) bond motifs is 1. The highest BCUT2D eigenvalue weighted by atomic mass is 32.1. The van der Waals surface area contributed by atoms with Crippen LogP contribution in [0.5, 0.6) is 23.1 Å². The van der Waals surface area contributed by atoms with E-state index in [4.69, 9.17) is 24.7 Å². The molecule has 0 spiro atoms. The largest absolute Gasteiger partial charge is 0.493 e. The summed E-state index contributed by atoms with van der Waals surface area (Å²) >= 11 is 1.56. The molecule has 0 fully saturated rings. The van der Waals surface area contributed by atoms with E-state index in [1.165, 1.54) is 7.11 Å². The Morgan fingerprint density at radius 2 is 1.93 bits per heavy atom. The van der Waals surface area contributed by atoms with Gasteiger partial charge in [-0.2, -0.15) is 5.26 Å². The molecule has 0 unspecified atom stereocenters. The van der Waals surface area contributed by atoms with Crippen molar-refractivity contribution >= 4 is 11.3 Å². The number of nitrogens with zero attached hydrogens (tertiary/aromatic N) is 2. The summed E-state index contributed by atoms with van der Waals surface area (Å²) in [7, 11) is 4.62. The number of benzene rings is 1. The number of thiophene rings is 1. The highest BCUT2D eigenvalue weighted by Crippen LogP contribution is 2.49. The fourth-order valence-corrected chi connectivity index (χ4v) is 4.19. The molecular formula is C20H18N4O4S. The Bertz CT molecular complexity index is 1100. The van der Waals surface area contributed by atoms with Gasteiger partial charge in [0.2, 0.25) is 17.5 Å². The van der Waals surface area contributed by atoms with Gasteiger partial charge in [-0.1, -0.05) is 6.07 Å². The van der Waals surface area contributed by atoms with Crippen molar-refractivity contribution in [1.82, 2.24) is 10.2 Å². The standard InChI is InChI=1S/C20H18N4O4S/c1-25-12-7-10(8-13(26-2)18(12)27-3)15-11(9-21)19(22)28-20-16(15)17(23-24-20)14-5-4-6-29-14/h4-8,15H,22H2,1-3H3,(H,23,24)/t15-/m1/s1. The summed E-state index contributed by atoms with van der Waals surface area (Å²) in [6, 6.07) is 9.71. The van der Waals surface area contributed by atoms with Crippen LogP contribution in [0.15, 0.2) is 41.1 Å². The molecule has 9 heteroatoms. The van der Waals surface area contributed by atoms with Crippen LogP contribution < -0.4 is 24.7 Å². The Morgan fingerprint density at radius 1 is 1.21 bits per heavy atom. The van der Waals surface area contributed by atoms with Crippen LogP contribution in [-0.4, -0.2) is 31.5 Å². The number of ether oxygens (including phenoxy) is 4. The molecule has 1 aliphatic rings. The van der Waals surface area contributed by atoms with Crippen LogP contribution in [0.25, 0.3) is 10.6 Å². The summed E-state index contributed by atoms with van der Waals surface area (Å²) in [6.45, 7) is 0. The summed E-state index contributed by atoms with van der Waals surface area (Å²) in [5.74, 6) is 1.26. The summed E-state index contributed by atoms with van der Waals surface area (Å²) in [6.07, 6.45) is 0. The van der Waals surface area contributed by atoms with Crippen molar-refractivity contribution in [3.8, 4) is 39.8 Å². The zero-order chi connectivity index (χ0) is 20.5. The molecule has 148 valence electrons. The summed E-state index contributed by atoms with van der Waals surface area (Å²) < 4.78 is 22.0. The van der Waals surface area contributed by atoms with E-state index in [0.717, 1.165) is 21.7 Å². The molecule has 1 aromatic carbocycles. The van der Waals surface area contributed by atoms with Crippen molar-refractivity contribution in [2.24, 2.45) is 5.73 Å². The molecule has 1 atom stereocenters. The maximum Gasteiger partial charge on any atom is 0.244 e. The first kappa shape index (κ1) is 18.7. The van der Waals surface area contributed by atoms with E-state index in [2.05, 4.69) is 16.3 Å². The molecule has 1 aliphatic heterocycles. The summed E-state index contributed by atoms with van der Waals surface area (Å²) in [5.41, 5.74) is 8.58. The Labute approximate surface area is 171 Å². The number of nitrogens with one attached hydrogen (secondary N) is 1. The SMILES string of the molecule is COc1cc([C@@H]2C(C#N)=C(N)Oc3n[nH]c(-c4cccs4)c32)cc(OC)c1OC. The molecule has 3 aromatic rings. The number of hydrogen-bond acceptors (Lipinski definition) is 8. The van der Waals surface area contributed by atoms with Crippen molar-refractivity contribution < 1.29 is 18.9 Å². The van der Waals surface area contributed by atoms with Gasteiger partial charge in [0.05, 0.1) is 43.4 Å². The molecule has 8 nitrogen and oxygen atoms in total. The Hall–Kier alpha value is -3.64. The van der Waals surface area contributed by atoms with Crippen molar-refractivity contribution in [2.75, 3.05) is 21.3 Å². The number of methoxy groups -OCH3 is 3. The highest BCUT2D eigenvalue weighted by molar-refractivity contribution is 7.13. The zero-order valence-corrected chi connectivity index (χ0v) is 16.8. The molecule has 0 aliphatic carbocycles. The number of hydrogen-bond donors (Lipinski definition) is 2. The molecule has 0 radical (unpaired) electrons. The van der Waals surface area contributed by atoms with Gasteiger partial charge in [0, 0.05) is 0 Å². The van der Waals surface area contributed by atoms with E-state index in [9.17, 15) is 5.26 Å². The van der Waals surface area contributed by atoms with Gasteiger partial charge in [-0.15, -0.1) is 16.4 Å². The van der Waals surface area contributed by atoms with Gasteiger partial charge in [-0.05, 0) is 29.1 Å². The van der Waals surface area contributed by atoms with Gasteiger partial charge < -0.3 is 24.7 Å². The van der Waals surface area contributed by atoms with E-state index in [1.807, 2.05) is 17.5 Å².